The Labute approximate surface area is 80.9 Å². The number of carbonyl (C=O) groups is 2. The molecule has 0 spiro atoms. The van der Waals surface area contributed by atoms with E-state index in [1.807, 2.05) is 0 Å². The van der Waals surface area contributed by atoms with Crippen molar-refractivity contribution in [2.24, 2.45) is 0 Å². The first-order valence-electron chi connectivity index (χ1n) is 3.93. The van der Waals surface area contributed by atoms with Gasteiger partial charge in [-0.15, -0.1) is 0 Å². The lowest BCUT2D eigenvalue weighted by Gasteiger charge is -2.05. The van der Waals surface area contributed by atoms with E-state index in [4.69, 9.17) is 9.47 Å². The summed E-state index contributed by atoms with van der Waals surface area (Å²) in [6.45, 7) is 1.62. The molecule has 1 rings (SSSR count). The minimum atomic E-state index is -0.747. The summed E-state index contributed by atoms with van der Waals surface area (Å²) < 4.78 is 14.0. The summed E-state index contributed by atoms with van der Waals surface area (Å²) in [5.74, 6) is -0.948. The Hall–Kier alpha value is -1.78. The lowest BCUT2D eigenvalue weighted by Crippen LogP contribution is -2.09. The fourth-order valence-electron chi connectivity index (χ4n) is 0.812. The molecule has 1 aliphatic heterocycles. The second-order valence-corrected chi connectivity index (χ2v) is 2.59. The summed E-state index contributed by atoms with van der Waals surface area (Å²) in [5, 5.41) is 0. The van der Waals surface area contributed by atoms with Crippen molar-refractivity contribution in [3.8, 4) is 0 Å². The van der Waals surface area contributed by atoms with Crippen LogP contribution in [0.1, 0.15) is 6.92 Å². The van der Waals surface area contributed by atoms with Crippen LogP contribution < -0.4 is 0 Å². The molecule has 0 aromatic rings. The van der Waals surface area contributed by atoms with Gasteiger partial charge in [0.25, 0.3) is 6.29 Å². The minimum Gasteiger partial charge on any atom is -0.466 e. The number of ether oxygens (including phenoxy) is 3. The third-order valence-electron chi connectivity index (χ3n) is 1.55. The quantitative estimate of drug-likeness (QED) is 0.376. The number of esters is 2. The van der Waals surface area contributed by atoms with E-state index in [1.165, 1.54) is 13.2 Å². The molecule has 0 bridgehead atoms. The molecule has 5 nitrogen and oxygen atoms in total. The highest BCUT2D eigenvalue weighted by atomic mass is 16.7. The Balaban J connectivity index is 2.38. The van der Waals surface area contributed by atoms with Crippen LogP contribution in [-0.4, -0.2) is 25.3 Å². The van der Waals surface area contributed by atoms with Crippen LogP contribution in [0, 0.1) is 0 Å². The Morgan fingerprint density at radius 2 is 2.36 bits per heavy atom. The zero-order chi connectivity index (χ0) is 10.6. The van der Waals surface area contributed by atoms with Crippen LogP contribution in [0.2, 0.25) is 0 Å². The number of methoxy groups -OCH3 is 1. The van der Waals surface area contributed by atoms with Gasteiger partial charge in [0.15, 0.2) is 0 Å². The molecule has 1 unspecified atom stereocenters. The molecule has 76 valence electrons. The second kappa shape index (κ2) is 4.45. The van der Waals surface area contributed by atoms with E-state index < -0.39 is 18.2 Å². The first kappa shape index (κ1) is 10.3. The van der Waals surface area contributed by atoms with E-state index in [0.717, 1.165) is 12.3 Å². The van der Waals surface area contributed by atoms with E-state index in [2.05, 4.69) is 4.74 Å². The number of hydrogen-bond acceptors (Lipinski definition) is 5. The van der Waals surface area contributed by atoms with Gasteiger partial charge in [0, 0.05) is 11.6 Å². The summed E-state index contributed by atoms with van der Waals surface area (Å²) in [4.78, 5) is 21.5. The SMILES string of the molecule is COC(=O)/C=C\OC1C=C(C)C(=O)O1. The molecule has 1 atom stereocenters. The van der Waals surface area contributed by atoms with Crippen LogP contribution in [0.5, 0.6) is 0 Å². The largest absolute Gasteiger partial charge is 0.466 e. The minimum absolute atomic E-state index is 0.415. The van der Waals surface area contributed by atoms with Crippen molar-refractivity contribution in [3.05, 3.63) is 24.0 Å². The summed E-state index contributed by atoms with van der Waals surface area (Å²) in [5.41, 5.74) is 0.487. The van der Waals surface area contributed by atoms with Gasteiger partial charge in [-0.3, -0.25) is 0 Å². The highest BCUT2D eigenvalue weighted by molar-refractivity contribution is 5.90. The maximum absolute atomic E-state index is 10.9. The van der Waals surface area contributed by atoms with E-state index in [0.29, 0.717) is 5.57 Å². The van der Waals surface area contributed by atoms with Gasteiger partial charge in [-0.1, -0.05) is 0 Å². The van der Waals surface area contributed by atoms with Gasteiger partial charge in [0.05, 0.1) is 19.4 Å². The fraction of sp³-hybridized carbons (Fsp3) is 0.333. The van der Waals surface area contributed by atoms with E-state index in [9.17, 15) is 9.59 Å². The monoisotopic (exact) mass is 198 g/mol. The highest BCUT2D eigenvalue weighted by Crippen LogP contribution is 2.13. The van der Waals surface area contributed by atoms with Crippen LogP contribution in [0.15, 0.2) is 24.0 Å². The average molecular weight is 198 g/mol. The van der Waals surface area contributed by atoms with Crippen LogP contribution in [0.25, 0.3) is 0 Å². The predicted molar refractivity (Wildman–Crippen MR) is 45.9 cm³/mol. The highest BCUT2D eigenvalue weighted by Gasteiger charge is 2.22. The molecule has 0 fully saturated rings. The summed E-state index contributed by atoms with van der Waals surface area (Å²) >= 11 is 0. The van der Waals surface area contributed by atoms with Crippen molar-refractivity contribution in [2.45, 2.75) is 13.2 Å². The lowest BCUT2D eigenvalue weighted by molar-refractivity contribution is -0.152. The molecule has 0 radical (unpaired) electrons. The van der Waals surface area contributed by atoms with E-state index >= 15 is 0 Å². The maximum Gasteiger partial charge on any atom is 0.336 e. The third-order valence-corrected chi connectivity index (χ3v) is 1.55. The first-order valence-corrected chi connectivity index (χ1v) is 3.93. The van der Waals surface area contributed by atoms with Gasteiger partial charge in [0.1, 0.15) is 0 Å². The Bertz CT molecular complexity index is 302. The number of hydrogen-bond donors (Lipinski definition) is 0. The fourth-order valence-corrected chi connectivity index (χ4v) is 0.812. The standard InChI is InChI=1S/C9H10O5/c1-6-5-8(14-9(6)11)13-4-3-7(10)12-2/h3-5,8H,1-2H3/b4-3-. The molecule has 1 aliphatic rings. The van der Waals surface area contributed by atoms with Crippen molar-refractivity contribution in [3.63, 3.8) is 0 Å². The molecule has 0 aromatic heterocycles. The van der Waals surface area contributed by atoms with E-state index in [1.54, 1.807) is 6.92 Å². The van der Waals surface area contributed by atoms with Crippen molar-refractivity contribution < 1.29 is 23.8 Å². The molecule has 0 N–H and O–H groups in total. The van der Waals surface area contributed by atoms with Gasteiger partial charge in [-0.25, -0.2) is 9.59 Å². The summed E-state index contributed by atoms with van der Waals surface area (Å²) in [7, 11) is 1.26. The van der Waals surface area contributed by atoms with Crippen LogP contribution >= 0.6 is 0 Å². The number of rotatable bonds is 3. The van der Waals surface area contributed by atoms with Crippen molar-refractivity contribution in [1.29, 1.82) is 0 Å². The topological polar surface area (TPSA) is 61.8 Å². The molecule has 0 saturated carbocycles. The summed E-state index contributed by atoms with van der Waals surface area (Å²) in [6, 6.07) is 0. The van der Waals surface area contributed by atoms with Gasteiger partial charge in [-0.05, 0) is 6.92 Å². The number of carbonyl (C=O) groups excluding carboxylic acids is 2. The summed E-state index contributed by atoms with van der Waals surface area (Å²) in [6.07, 6.45) is 2.99. The van der Waals surface area contributed by atoms with E-state index in [-0.39, 0.29) is 0 Å². The molecule has 0 saturated heterocycles. The normalized spacial score (nSPS) is 20.6. The number of cyclic esters (lactones) is 1. The van der Waals surface area contributed by atoms with Crippen molar-refractivity contribution in [1.82, 2.24) is 0 Å². The zero-order valence-electron chi connectivity index (χ0n) is 7.85. The molecular weight excluding hydrogens is 188 g/mol. The van der Waals surface area contributed by atoms with Crippen molar-refractivity contribution >= 4 is 11.9 Å². The van der Waals surface area contributed by atoms with Gasteiger partial charge in [0.2, 0.25) is 0 Å². The van der Waals surface area contributed by atoms with Gasteiger partial charge < -0.3 is 14.2 Å². The van der Waals surface area contributed by atoms with Gasteiger partial charge >= 0.3 is 11.9 Å². The molecular formula is C9H10O5. The maximum atomic E-state index is 10.9. The Morgan fingerprint density at radius 3 is 2.86 bits per heavy atom. The molecule has 14 heavy (non-hydrogen) atoms. The Kier molecular flexibility index (Phi) is 3.28. The van der Waals surface area contributed by atoms with Crippen LogP contribution in [-0.2, 0) is 23.8 Å². The molecule has 0 aliphatic carbocycles. The van der Waals surface area contributed by atoms with Crippen LogP contribution in [0.4, 0.5) is 0 Å². The molecule has 1 heterocycles. The Morgan fingerprint density at radius 1 is 1.64 bits per heavy atom. The second-order valence-electron chi connectivity index (χ2n) is 2.59. The lowest BCUT2D eigenvalue weighted by atomic mass is 10.3. The molecule has 5 heteroatoms. The average Bonchev–Trinajstić information content (AvgIpc) is 2.46. The third kappa shape index (κ3) is 2.62. The smallest absolute Gasteiger partial charge is 0.336 e. The zero-order valence-corrected chi connectivity index (χ0v) is 7.85. The molecule has 0 aromatic carbocycles. The van der Waals surface area contributed by atoms with Gasteiger partial charge in [-0.2, -0.15) is 0 Å². The van der Waals surface area contributed by atoms with Crippen LogP contribution in [0.3, 0.4) is 0 Å². The predicted octanol–water partition coefficient (Wildman–Crippen LogP) is 0.519. The molecule has 0 amide bonds. The first-order chi connectivity index (χ1) is 6.63. The van der Waals surface area contributed by atoms with Crippen molar-refractivity contribution in [2.75, 3.05) is 7.11 Å².